The minimum Gasteiger partial charge on any atom is -0.335 e. The number of amides is 2. The molecule has 0 heterocycles. The third kappa shape index (κ3) is 5.69. The maximum Gasteiger partial charge on any atom is 0.315 e. The van der Waals surface area contributed by atoms with E-state index in [4.69, 9.17) is 23.2 Å². The fourth-order valence-corrected chi connectivity index (χ4v) is 2.81. The van der Waals surface area contributed by atoms with Crippen molar-refractivity contribution in [3.05, 3.63) is 33.8 Å². The highest BCUT2D eigenvalue weighted by atomic mass is 35.5. The topological polar surface area (TPSA) is 58.2 Å². The summed E-state index contributed by atoms with van der Waals surface area (Å²) in [4.78, 5) is 11.8. The molecular weight excluding hydrogens is 319 g/mol. The van der Waals surface area contributed by atoms with Gasteiger partial charge >= 0.3 is 6.03 Å². The molecular formula is C13H18Cl2N2O2S. The highest BCUT2D eigenvalue weighted by molar-refractivity contribution is 7.84. The Labute approximate surface area is 131 Å². The monoisotopic (exact) mass is 336 g/mol. The van der Waals surface area contributed by atoms with Crippen molar-refractivity contribution in [3.63, 3.8) is 0 Å². The first-order chi connectivity index (χ1) is 9.29. The minimum absolute atomic E-state index is 0.151. The molecule has 0 saturated carbocycles. The van der Waals surface area contributed by atoms with Gasteiger partial charge in [-0.2, -0.15) is 0 Å². The van der Waals surface area contributed by atoms with Crippen LogP contribution in [0.4, 0.5) is 4.79 Å². The molecule has 1 rings (SSSR count). The number of carbonyl (C=O) groups excluding carboxylic acids is 1. The molecule has 3 atom stereocenters. The van der Waals surface area contributed by atoms with Crippen LogP contribution in [0.3, 0.4) is 0 Å². The number of hydrogen-bond acceptors (Lipinski definition) is 2. The Morgan fingerprint density at radius 3 is 2.45 bits per heavy atom. The van der Waals surface area contributed by atoms with Gasteiger partial charge in [0.15, 0.2) is 0 Å². The Morgan fingerprint density at radius 2 is 1.90 bits per heavy atom. The number of benzene rings is 1. The lowest BCUT2D eigenvalue weighted by Gasteiger charge is -2.18. The molecule has 7 heteroatoms. The van der Waals surface area contributed by atoms with Gasteiger partial charge in [0.2, 0.25) is 0 Å². The molecule has 0 unspecified atom stereocenters. The standard InChI is InChI=1S/C13H18Cl2N2O2S/c1-8(7-20(3)19)16-13(18)17-9(2)10-4-5-11(14)12(15)6-10/h4-6,8-9H,7H2,1-3H3,(H2,16,17,18)/t8-,9+,20-/m1/s1. The number of urea groups is 1. The summed E-state index contributed by atoms with van der Waals surface area (Å²) in [5.41, 5.74) is 0.862. The van der Waals surface area contributed by atoms with E-state index in [0.717, 1.165) is 5.56 Å². The first-order valence-electron chi connectivity index (χ1n) is 6.11. The Kier molecular flexibility index (Phi) is 6.79. The highest BCUT2D eigenvalue weighted by Gasteiger charge is 2.13. The van der Waals surface area contributed by atoms with Gasteiger partial charge in [-0.1, -0.05) is 29.3 Å². The summed E-state index contributed by atoms with van der Waals surface area (Å²) in [6.07, 6.45) is 1.61. The molecule has 1 aromatic carbocycles. The molecule has 0 aliphatic carbocycles. The maximum atomic E-state index is 11.8. The van der Waals surface area contributed by atoms with Crippen molar-refractivity contribution in [2.24, 2.45) is 0 Å². The molecule has 0 aliphatic rings. The van der Waals surface area contributed by atoms with E-state index in [9.17, 15) is 9.00 Å². The molecule has 0 radical (unpaired) electrons. The zero-order valence-corrected chi connectivity index (χ0v) is 13.9. The number of halogens is 2. The van der Waals surface area contributed by atoms with Crippen LogP contribution < -0.4 is 10.6 Å². The second kappa shape index (κ2) is 7.86. The van der Waals surface area contributed by atoms with Crippen molar-refractivity contribution < 1.29 is 9.00 Å². The lowest BCUT2D eigenvalue weighted by atomic mass is 10.1. The lowest BCUT2D eigenvalue weighted by molar-refractivity contribution is 0.235. The summed E-state index contributed by atoms with van der Waals surface area (Å²) < 4.78 is 11.1. The zero-order chi connectivity index (χ0) is 15.3. The third-order valence-electron chi connectivity index (χ3n) is 2.65. The number of nitrogens with one attached hydrogen (secondary N) is 2. The Hall–Kier alpha value is -0.780. The van der Waals surface area contributed by atoms with E-state index in [1.54, 1.807) is 18.4 Å². The molecule has 4 nitrogen and oxygen atoms in total. The minimum atomic E-state index is -0.941. The molecule has 1 aromatic rings. The summed E-state index contributed by atoms with van der Waals surface area (Å²) in [5, 5.41) is 6.46. The van der Waals surface area contributed by atoms with Crippen LogP contribution in [0.25, 0.3) is 0 Å². The largest absolute Gasteiger partial charge is 0.335 e. The van der Waals surface area contributed by atoms with Gasteiger partial charge in [-0.05, 0) is 31.5 Å². The molecule has 0 bridgehead atoms. The van der Waals surface area contributed by atoms with E-state index in [1.165, 1.54) is 0 Å². The normalized spacial score (nSPS) is 15.2. The molecule has 2 N–H and O–H groups in total. The molecule has 20 heavy (non-hydrogen) atoms. The second-order valence-electron chi connectivity index (χ2n) is 4.65. The maximum absolute atomic E-state index is 11.8. The van der Waals surface area contributed by atoms with E-state index < -0.39 is 10.8 Å². The Morgan fingerprint density at radius 1 is 1.25 bits per heavy atom. The van der Waals surface area contributed by atoms with Crippen molar-refractivity contribution in [1.82, 2.24) is 10.6 Å². The van der Waals surface area contributed by atoms with Crippen LogP contribution in [-0.4, -0.2) is 28.3 Å². The van der Waals surface area contributed by atoms with Crippen molar-refractivity contribution >= 4 is 40.0 Å². The van der Waals surface area contributed by atoms with Gasteiger partial charge in [-0.15, -0.1) is 0 Å². The Bertz CT molecular complexity index is 511. The lowest BCUT2D eigenvalue weighted by Crippen LogP contribution is -2.43. The van der Waals surface area contributed by atoms with Gasteiger partial charge in [0.05, 0.1) is 16.1 Å². The molecule has 0 spiro atoms. The SMILES string of the molecule is C[C@H](C[S@@](C)=O)NC(=O)N[C@@H](C)c1ccc(Cl)c(Cl)c1. The molecule has 0 fully saturated rings. The summed E-state index contributed by atoms with van der Waals surface area (Å²) >= 11 is 11.8. The van der Waals surface area contributed by atoms with E-state index in [0.29, 0.717) is 15.8 Å². The van der Waals surface area contributed by atoms with Gasteiger partial charge < -0.3 is 10.6 Å². The fourth-order valence-electron chi connectivity index (χ4n) is 1.72. The summed E-state index contributed by atoms with van der Waals surface area (Å²) in [7, 11) is -0.941. The third-order valence-corrected chi connectivity index (χ3v) is 4.36. The number of rotatable bonds is 5. The zero-order valence-electron chi connectivity index (χ0n) is 11.6. The van der Waals surface area contributed by atoms with Crippen LogP contribution in [-0.2, 0) is 10.8 Å². The smallest absolute Gasteiger partial charge is 0.315 e. The fraction of sp³-hybridized carbons (Fsp3) is 0.462. The molecule has 0 aromatic heterocycles. The van der Waals surface area contributed by atoms with Crippen molar-refractivity contribution in [3.8, 4) is 0 Å². The summed E-state index contributed by atoms with van der Waals surface area (Å²) in [6.45, 7) is 3.66. The van der Waals surface area contributed by atoms with Crippen molar-refractivity contribution in [1.29, 1.82) is 0 Å². The van der Waals surface area contributed by atoms with E-state index in [2.05, 4.69) is 10.6 Å². The first-order valence-corrected chi connectivity index (χ1v) is 8.60. The van der Waals surface area contributed by atoms with Gasteiger partial charge in [-0.25, -0.2) is 4.79 Å². The molecule has 112 valence electrons. The first kappa shape index (κ1) is 17.3. The predicted octanol–water partition coefficient (Wildman–Crippen LogP) is 3.12. The van der Waals surface area contributed by atoms with E-state index >= 15 is 0 Å². The van der Waals surface area contributed by atoms with Crippen LogP contribution in [0.1, 0.15) is 25.5 Å². The van der Waals surface area contributed by atoms with Crippen LogP contribution in [0.15, 0.2) is 18.2 Å². The number of hydrogen-bond donors (Lipinski definition) is 2. The van der Waals surface area contributed by atoms with E-state index in [1.807, 2.05) is 19.9 Å². The van der Waals surface area contributed by atoms with E-state index in [-0.39, 0.29) is 18.1 Å². The van der Waals surface area contributed by atoms with Gasteiger partial charge in [-0.3, -0.25) is 4.21 Å². The van der Waals surface area contributed by atoms with Gasteiger partial charge in [0.25, 0.3) is 0 Å². The second-order valence-corrected chi connectivity index (χ2v) is 6.95. The molecule has 0 saturated heterocycles. The average molecular weight is 337 g/mol. The van der Waals surface area contributed by atoms with Crippen molar-refractivity contribution in [2.45, 2.75) is 25.9 Å². The van der Waals surface area contributed by atoms with Crippen LogP contribution >= 0.6 is 23.2 Å². The highest BCUT2D eigenvalue weighted by Crippen LogP contribution is 2.25. The summed E-state index contributed by atoms with van der Waals surface area (Å²) in [6, 6.07) is 4.56. The van der Waals surface area contributed by atoms with Crippen LogP contribution in [0.2, 0.25) is 10.0 Å². The summed E-state index contributed by atoms with van der Waals surface area (Å²) in [5.74, 6) is 0.425. The quantitative estimate of drug-likeness (QED) is 0.867. The van der Waals surface area contributed by atoms with Crippen molar-refractivity contribution in [2.75, 3.05) is 12.0 Å². The van der Waals surface area contributed by atoms with Gasteiger partial charge in [0.1, 0.15) is 0 Å². The molecule has 2 amide bonds. The average Bonchev–Trinajstić information content (AvgIpc) is 2.30. The Balaban J connectivity index is 2.56. The predicted molar refractivity (Wildman–Crippen MR) is 84.9 cm³/mol. The van der Waals surface area contributed by atoms with Gasteiger partial charge in [0, 0.05) is 28.9 Å². The molecule has 0 aliphatic heterocycles. The number of carbonyl (C=O) groups is 1. The van der Waals surface area contributed by atoms with Crippen LogP contribution in [0.5, 0.6) is 0 Å². The van der Waals surface area contributed by atoms with Crippen LogP contribution in [0, 0.1) is 0 Å².